The number of benzene rings is 2. The van der Waals surface area contributed by atoms with E-state index in [0.717, 1.165) is 11.8 Å². The summed E-state index contributed by atoms with van der Waals surface area (Å²) in [6, 6.07) is 14.3. The van der Waals surface area contributed by atoms with Crippen LogP contribution in [0.2, 0.25) is 0 Å². The molecule has 0 spiro atoms. The Hall–Kier alpha value is -2.62. The third-order valence-corrected chi connectivity index (χ3v) is 3.14. The first kappa shape index (κ1) is 16.7. The van der Waals surface area contributed by atoms with Crippen molar-refractivity contribution in [3.05, 3.63) is 65.2 Å². The zero-order valence-corrected chi connectivity index (χ0v) is 13.6. The second-order valence-electron chi connectivity index (χ2n) is 6.35. The average molecular weight is 311 g/mol. The van der Waals surface area contributed by atoms with Crippen LogP contribution in [0.3, 0.4) is 0 Å². The molecule has 4 nitrogen and oxygen atoms in total. The molecule has 2 rings (SSSR count). The molecule has 4 heteroatoms. The van der Waals surface area contributed by atoms with Gasteiger partial charge in [-0.05, 0) is 50.6 Å². The van der Waals surface area contributed by atoms with Gasteiger partial charge in [0.25, 0.3) is 5.91 Å². The number of hydrogen-bond acceptors (Lipinski definition) is 3. The van der Waals surface area contributed by atoms with Gasteiger partial charge in [-0.1, -0.05) is 24.3 Å². The van der Waals surface area contributed by atoms with Gasteiger partial charge in [0.2, 0.25) is 0 Å². The van der Waals surface area contributed by atoms with Crippen molar-refractivity contribution in [1.82, 2.24) is 5.32 Å². The highest BCUT2D eigenvalue weighted by Crippen LogP contribution is 2.17. The summed E-state index contributed by atoms with van der Waals surface area (Å²) in [6.07, 6.45) is 0.773. The molecular weight excluding hydrogens is 290 g/mol. The number of carbonyl (C=O) groups is 2. The van der Waals surface area contributed by atoms with Gasteiger partial charge in [-0.25, -0.2) is 0 Å². The highest BCUT2D eigenvalue weighted by atomic mass is 16.5. The number of aldehydes is 1. The van der Waals surface area contributed by atoms with E-state index in [1.54, 1.807) is 30.3 Å². The Kier molecular flexibility index (Phi) is 5.16. The highest BCUT2D eigenvalue weighted by Gasteiger charge is 2.15. The predicted octanol–water partition coefficient (Wildman–Crippen LogP) is 3.61. The zero-order chi connectivity index (χ0) is 16.9. The molecule has 2 aromatic carbocycles. The topological polar surface area (TPSA) is 55.4 Å². The number of carbonyl (C=O) groups excluding carboxylic acids is 2. The van der Waals surface area contributed by atoms with Crippen molar-refractivity contribution < 1.29 is 14.3 Å². The first-order valence-corrected chi connectivity index (χ1v) is 7.47. The van der Waals surface area contributed by atoms with Crippen LogP contribution in [-0.4, -0.2) is 17.7 Å². The molecule has 0 radical (unpaired) electrons. The fourth-order valence-electron chi connectivity index (χ4n) is 2.04. The van der Waals surface area contributed by atoms with Gasteiger partial charge < -0.3 is 10.1 Å². The third kappa shape index (κ3) is 4.95. The van der Waals surface area contributed by atoms with E-state index in [4.69, 9.17) is 4.74 Å². The lowest BCUT2D eigenvalue weighted by atomic mass is 10.1. The Morgan fingerprint density at radius 2 is 1.74 bits per heavy atom. The lowest BCUT2D eigenvalue weighted by Crippen LogP contribution is -2.40. The van der Waals surface area contributed by atoms with Crippen molar-refractivity contribution in [3.8, 4) is 5.75 Å². The largest absolute Gasteiger partial charge is 0.488 e. The van der Waals surface area contributed by atoms with E-state index in [1.165, 1.54) is 0 Å². The van der Waals surface area contributed by atoms with Crippen LogP contribution in [0.4, 0.5) is 0 Å². The molecule has 0 saturated carbocycles. The molecule has 0 unspecified atom stereocenters. The van der Waals surface area contributed by atoms with Crippen LogP contribution in [0, 0.1) is 0 Å². The molecular formula is C19H21NO3. The molecule has 0 aliphatic rings. The minimum Gasteiger partial charge on any atom is -0.488 e. The fourth-order valence-corrected chi connectivity index (χ4v) is 2.04. The minimum atomic E-state index is -0.266. The number of rotatable bonds is 5. The molecule has 0 saturated heterocycles. The molecule has 1 amide bonds. The maximum atomic E-state index is 12.1. The summed E-state index contributed by atoms with van der Waals surface area (Å²) in [4.78, 5) is 23.0. The SMILES string of the molecule is CC(C)(C)NC(=O)c1ccc(COc2ccccc2C=O)cc1. The molecule has 0 bridgehead atoms. The smallest absolute Gasteiger partial charge is 0.251 e. The normalized spacial score (nSPS) is 10.9. The Bertz CT molecular complexity index is 685. The summed E-state index contributed by atoms with van der Waals surface area (Å²) in [5, 5.41) is 2.92. The summed E-state index contributed by atoms with van der Waals surface area (Å²) in [5.74, 6) is 0.452. The summed E-state index contributed by atoms with van der Waals surface area (Å²) >= 11 is 0. The lowest BCUT2D eigenvalue weighted by Gasteiger charge is -2.20. The predicted molar refractivity (Wildman–Crippen MR) is 89.8 cm³/mol. The van der Waals surface area contributed by atoms with E-state index in [2.05, 4.69) is 5.32 Å². The molecule has 0 aliphatic heterocycles. The van der Waals surface area contributed by atoms with E-state index < -0.39 is 0 Å². The van der Waals surface area contributed by atoms with Crippen LogP contribution >= 0.6 is 0 Å². The highest BCUT2D eigenvalue weighted by molar-refractivity contribution is 5.94. The van der Waals surface area contributed by atoms with Gasteiger partial charge in [0, 0.05) is 11.1 Å². The Morgan fingerprint density at radius 3 is 2.35 bits per heavy atom. The van der Waals surface area contributed by atoms with E-state index in [1.807, 2.05) is 39.0 Å². The maximum Gasteiger partial charge on any atom is 0.251 e. The zero-order valence-electron chi connectivity index (χ0n) is 13.6. The molecule has 23 heavy (non-hydrogen) atoms. The summed E-state index contributed by atoms with van der Waals surface area (Å²) in [7, 11) is 0. The second-order valence-corrected chi connectivity index (χ2v) is 6.35. The monoisotopic (exact) mass is 311 g/mol. The molecule has 1 N–H and O–H groups in total. The number of ether oxygens (including phenoxy) is 1. The molecule has 0 fully saturated rings. The van der Waals surface area contributed by atoms with Crippen molar-refractivity contribution in [1.29, 1.82) is 0 Å². The minimum absolute atomic E-state index is 0.101. The van der Waals surface area contributed by atoms with Crippen LogP contribution in [0.1, 0.15) is 47.1 Å². The quantitative estimate of drug-likeness (QED) is 0.858. The number of nitrogens with one attached hydrogen (secondary N) is 1. The van der Waals surface area contributed by atoms with Gasteiger partial charge in [-0.2, -0.15) is 0 Å². The molecule has 2 aromatic rings. The molecule has 0 aromatic heterocycles. The number of amides is 1. The van der Waals surface area contributed by atoms with E-state index >= 15 is 0 Å². The van der Waals surface area contributed by atoms with E-state index in [-0.39, 0.29) is 11.4 Å². The standard InChI is InChI=1S/C19H21NO3/c1-19(2,3)20-18(22)15-10-8-14(9-11-15)13-23-17-7-5-4-6-16(17)12-21/h4-12H,13H2,1-3H3,(H,20,22). The van der Waals surface area contributed by atoms with Crippen molar-refractivity contribution in [2.45, 2.75) is 32.9 Å². The molecule has 0 aliphatic carbocycles. The maximum absolute atomic E-state index is 12.1. The van der Waals surface area contributed by atoms with Crippen LogP contribution in [-0.2, 0) is 6.61 Å². The van der Waals surface area contributed by atoms with Gasteiger partial charge >= 0.3 is 0 Å². The van der Waals surface area contributed by atoms with E-state index in [9.17, 15) is 9.59 Å². The van der Waals surface area contributed by atoms with Crippen molar-refractivity contribution >= 4 is 12.2 Å². The first-order chi connectivity index (χ1) is 10.9. The van der Waals surface area contributed by atoms with Crippen LogP contribution < -0.4 is 10.1 Å². The Balaban J connectivity index is 2.00. The summed E-state index contributed by atoms with van der Waals surface area (Å²) in [6.45, 7) is 6.17. The number of para-hydroxylation sites is 1. The van der Waals surface area contributed by atoms with Gasteiger partial charge in [-0.3, -0.25) is 9.59 Å². The van der Waals surface area contributed by atoms with Crippen LogP contribution in [0.15, 0.2) is 48.5 Å². The van der Waals surface area contributed by atoms with Gasteiger partial charge in [0.05, 0.1) is 5.56 Å². The Morgan fingerprint density at radius 1 is 1.09 bits per heavy atom. The van der Waals surface area contributed by atoms with Crippen molar-refractivity contribution in [3.63, 3.8) is 0 Å². The van der Waals surface area contributed by atoms with Gasteiger partial charge in [0.1, 0.15) is 12.4 Å². The third-order valence-electron chi connectivity index (χ3n) is 3.14. The second kappa shape index (κ2) is 7.09. The van der Waals surface area contributed by atoms with Crippen molar-refractivity contribution in [2.24, 2.45) is 0 Å². The lowest BCUT2D eigenvalue weighted by molar-refractivity contribution is 0.0919. The van der Waals surface area contributed by atoms with Crippen LogP contribution in [0.5, 0.6) is 5.75 Å². The van der Waals surface area contributed by atoms with Crippen LogP contribution in [0.25, 0.3) is 0 Å². The average Bonchev–Trinajstić information content (AvgIpc) is 2.52. The Labute approximate surface area is 136 Å². The molecule has 120 valence electrons. The molecule has 0 atom stereocenters. The fraction of sp³-hybridized carbons (Fsp3) is 0.263. The molecule has 0 heterocycles. The van der Waals surface area contributed by atoms with Gasteiger partial charge in [-0.15, -0.1) is 0 Å². The van der Waals surface area contributed by atoms with Crippen molar-refractivity contribution in [2.75, 3.05) is 0 Å². The summed E-state index contributed by atoms with van der Waals surface area (Å²) < 4.78 is 5.66. The first-order valence-electron chi connectivity index (χ1n) is 7.47. The number of hydrogen-bond donors (Lipinski definition) is 1. The summed E-state index contributed by atoms with van der Waals surface area (Å²) in [5.41, 5.74) is 1.79. The van der Waals surface area contributed by atoms with E-state index in [0.29, 0.717) is 23.5 Å². The van der Waals surface area contributed by atoms with Gasteiger partial charge in [0.15, 0.2) is 6.29 Å².